The smallest absolute Gasteiger partial charge is 0.245 e. The molecule has 0 aliphatic carbocycles. The van der Waals surface area contributed by atoms with Crippen molar-refractivity contribution in [3.63, 3.8) is 0 Å². The molecule has 0 aromatic rings. The Morgan fingerprint density at radius 3 is 2.61 bits per heavy atom. The van der Waals surface area contributed by atoms with Gasteiger partial charge in [-0.05, 0) is 32.6 Å². The number of halogens is 1. The molecule has 0 bridgehead atoms. The van der Waals surface area contributed by atoms with Gasteiger partial charge < -0.3 is 10.2 Å². The first kappa shape index (κ1) is 14.9. The molecule has 1 fully saturated rings. The number of carbonyl (C=O) groups is 2. The van der Waals surface area contributed by atoms with Gasteiger partial charge in [0.1, 0.15) is 12.1 Å². The van der Waals surface area contributed by atoms with Crippen LogP contribution in [0.4, 0.5) is 4.39 Å². The Balaban J connectivity index is 2.55. The molecule has 0 spiro atoms. The van der Waals surface area contributed by atoms with Gasteiger partial charge in [0.25, 0.3) is 0 Å². The summed E-state index contributed by atoms with van der Waals surface area (Å²) in [4.78, 5) is 25.6. The Labute approximate surface area is 108 Å². The number of unbranched alkanes of at least 4 members (excludes halogenated alkanes) is 2. The lowest BCUT2D eigenvalue weighted by molar-refractivity contribution is -0.148. The van der Waals surface area contributed by atoms with Crippen molar-refractivity contribution >= 4 is 11.8 Å². The summed E-state index contributed by atoms with van der Waals surface area (Å²) >= 11 is 0. The molecule has 1 aliphatic rings. The summed E-state index contributed by atoms with van der Waals surface area (Å²) in [5.74, 6) is -0.0808. The minimum atomic E-state index is -0.406. The van der Waals surface area contributed by atoms with Crippen LogP contribution in [0, 0.1) is 0 Å². The van der Waals surface area contributed by atoms with E-state index in [2.05, 4.69) is 5.32 Å². The number of amides is 2. The molecule has 4 nitrogen and oxygen atoms in total. The summed E-state index contributed by atoms with van der Waals surface area (Å²) in [6, 6.07) is -0.782. The van der Waals surface area contributed by atoms with E-state index in [0.717, 1.165) is 19.3 Å². The first-order chi connectivity index (χ1) is 8.61. The molecule has 1 heterocycles. The van der Waals surface area contributed by atoms with E-state index in [4.69, 9.17) is 0 Å². The Kier molecular flexibility index (Phi) is 6.09. The molecule has 1 rings (SSSR count). The summed E-state index contributed by atoms with van der Waals surface area (Å²) < 4.78 is 12.0. The number of rotatable bonds is 7. The summed E-state index contributed by atoms with van der Waals surface area (Å²) in [6.45, 7) is 3.96. The Bertz CT molecular complexity index is 297. The van der Waals surface area contributed by atoms with Crippen LogP contribution in [0.25, 0.3) is 0 Å². The van der Waals surface area contributed by atoms with Crippen LogP contribution in [-0.2, 0) is 9.59 Å². The highest BCUT2D eigenvalue weighted by Gasteiger charge is 2.36. The zero-order valence-corrected chi connectivity index (χ0v) is 11.2. The molecule has 0 radical (unpaired) electrons. The fourth-order valence-corrected chi connectivity index (χ4v) is 2.23. The Morgan fingerprint density at radius 1 is 1.28 bits per heavy atom. The number of nitrogens with zero attached hydrogens (tertiary/aromatic N) is 1. The van der Waals surface area contributed by atoms with Gasteiger partial charge >= 0.3 is 0 Å². The van der Waals surface area contributed by atoms with Gasteiger partial charge in [0, 0.05) is 6.54 Å². The molecule has 0 aromatic heterocycles. The van der Waals surface area contributed by atoms with Crippen LogP contribution in [0.1, 0.15) is 46.0 Å². The Morgan fingerprint density at radius 2 is 2.00 bits per heavy atom. The molecule has 2 amide bonds. The van der Waals surface area contributed by atoms with Gasteiger partial charge in [0.05, 0.1) is 6.67 Å². The lowest BCUT2D eigenvalue weighted by Gasteiger charge is -2.37. The van der Waals surface area contributed by atoms with Gasteiger partial charge in [0.2, 0.25) is 11.8 Å². The number of nitrogens with one attached hydrogen (secondary N) is 1. The first-order valence-corrected chi connectivity index (χ1v) is 6.78. The van der Waals surface area contributed by atoms with Crippen LogP contribution in [0.15, 0.2) is 0 Å². The van der Waals surface area contributed by atoms with Crippen LogP contribution >= 0.6 is 0 Å². The molecule has 2 atom stereocenters. The fraction of sp³-hybridized carbons (Fsp3) is 0.846. The van der Waals surface area contributed by atoms with Crippen molar-refractivity contribution in [2.45, 2.75) is 58.0 Å². The van der Waals surface area contributed by atoms with Crippen molar-refractivity contribution in [1.29, 1.82) is 0 Å². The molecule has 5 heteroatoms. The Hall–Kier alpha value is -1.13. The van der Waals surface area contributed by atoms with E-state index in [1.165, 1.54) is 0 Å². The summed E-state index contributed by atoms with van der Waals surface area (Å²) in [5.41, 5.74) is 0. The maximum absolute atomic E-state index is 12.2. The second kappa shape index (κ2) is 7.34. The monoisotopic (exact) mass is 258 g/mol. The first-order valence-electron chi connectivity index (χ1n) is 6.78. The molecule has 104 valence electrons. The number of hydrogen-bond donors (Lipinski definition) is 1. The van der Waals surface area contributed by atoms with E-state index >= 15 is 0 Å². The minimum absolute atomic E-state index is 0.00389. The van der Waals surface area contributed by atoms with Crippen LogP contribution in [-0.4, -0.2) is 42.0 Å². The van der Waals surface area contributed by atoms with Crippen molar-refractivity contribution in [1.82, 2.24) is 10.2 Å². The number of hydrogen-bond acceptors (Lipinski definition) is 2. The standard InChI is InChI=1S/C13H23FN2O2/c1-3-7-11-13(18)16(9-6-4-5-8-14)10(2)12(17)15-11/h10-11H,3-9H2,1-2H3,(H,15,17). The third-order valence-electron chi connectivity index (χ3n) is 3.35. The predicted octanol–water partition coefficient (Wildman–Crippen LogP) is 1.64. The molecule has 1 N–H and O–H groups in total. The zero-order chi connectivity index (χ0) is 13.5. The molecule has 0 saturated carbocycles. The summed E-state index contributed by atoms with van der Waals surface area (Å²) in [7, 11) is 0. The van der Waals surface area contributed by atoms with Crippen molar-refractivity contribution in [3.05, 3.63) is 0 Å². The molecule has 1 aliphatic heterocycles. The predicted molar refractivity (Wildman–Crippen MR) is 67.8 cm³/mol. The summed E-state index contributed by atoms with van der Waals surface area (Å²) in [6.07, 6.45) is 3.58. The van der Waals surface area contributed by atoms with E-state index in [1.807, 2.05) is 6.92 Å². The van der Waals surface area contributed by atoms with Gasteiger partial charge in [-0.3, -0.25) is 14.0 Å². The van der Waals surface area contributed by atoms with Crippen molar-refractivity contribution in [2.75, 3.05) is 13.2 Å². The van der Waals surface area contributed by atoms with Crippen LogP contribution in [0.2, 0.25) is 0 Å². The number of alkyl halides is 1. The van der Waals surface area contributed by atoms with E-state index < -0.39 is 6.04 Å². The lowest BCUT2D eigenvalue weighted by Crippen LogP contribution is -2.62. The second-order valence-corrected chi connectivity index (χ2v) is 4.81. The summed E-state index contributed by atoms with van der Waals surface area (Å²) in [5, 5.41) is 2.76. The molecular formula is C13H23FN2O2. The van der Waals surface area contributed by atoms with Crippen LogP contribution in [0.5, 0.6) is 0 Å². The van der Waals surface area contributed by atoms with Gasteiger partial charge in [-0.25, -0.2) is 0 Å². The normalized spacial score (nSPS) is 24.3. The van der Waals surface area contributed by atoms with Crippen LogP contribution < -0.4 is 5.32 Å². The van der Waals surface area contributed by atoms with Gasteiger partial charge in [0.15, 0.2) is 0 Å². The zero-order valence-electron chi connectivity index (χ0n) is 11.2. The highest BCUT2D eigenvalue weighted by Crippen LogP contribution is 2.14. The average molecular weight is 258 g/mol. The highest BCUT2D eigenvalue weighted by molar-refractivity contribution is 5.96. The van der Waals surface area contributed by atoms with E-state index in [0.29, 0.717) is 19.4 Å². The quantitative estimate of drug-likeness (QED) is 0.706. The average Bonchev–Trinajstić information content (AvgIpc) is 2.35. The van der Waals surface area contributed by atoms with E-state index in [9.17, 15) is 14.0 Å². The maximum atomic E-state index is 12.2. The van der Waals surface area contributed by atoms with Gasteiger partial charge in [-0.1, -0.05) is 13.3 Å². The molecule has 0 aromatic carbocycles. The van der Waals surface area contributed by atoms with Crippen molar-refractivity contribution in [3.8, 4) is 0 Å². The number of carbonyl (C=O) groups excluding carboxylic acids is 2. The molecule has 2 unspecified atom stereocenters. The molecule has 18 heavy (non-hydrogen) atoms. The lowest BCUT2D eigenvalue weighted by atomic mass is 10.0. The van der Waals surface area contributed by atoms with Crippen LogP contribution in [0.3, 0.4) is 0 Å². The largest absolute Gasteiger partial charge is 0.343 e. The third-order valence-corrected chi connectivity index (χ3v) is 3.35. The molecule has 1 saturated heterocycles. The van der Waals surface area contributed by atoms with Gasteiger partial charge in [-0.15, -0.1) is 0 Å². The fourth-order valence-electron chi connectivity index (χ4n) is 2.23. The van der Waals surface area contributed by atoms with E-state index in [-0.39, 0.29) is 24.5 Å². The third kappa shape index (κ3) is 3.68. The topological polar surface area (TPSA) is 49.4 Å². The highest BCUT2D eigenvalue weighted by atomic mass is 19.1. The maximum Gasteiger partial charge on any atom is 0.245 e. The molecular weight excluding hydrogens is 235 g/mol. The minimum Gasteiger partial charge on any atom is -0.343 e. The second-order valence-electron chi connectivity index (χ2n) is 4.81. The van der Waals surface area contributed by atoms with Crippen molar-refractivity contribution in [2.24, 2.45) is 0 Å². The number of piperazine rings is 1. The van der Waals surface area contributed by atoms with E-state index in [1.54, 1.807) is 11.8 Å². The van der Waals surface area contributed by atoms with Crippen molar-refractivity contribution < 1.29 is 14.0 Å². The SMILES string of the molecule is CCCC1NC(=O)C(C)N(CCCCCF)C1=O. The van der Waals surface area contributed by atoms with Gasteiger partial charge in [-0.2, -0.15) is 0 Å².